The number of nitriles is 1. The van der Waals surface area contributed by atoms with Crippen molar-refractivity contribution in [2.45, 2.75) is 13.8 Å². The van der Waals surface area contributed by atoms with Crippen LogP contribution >= 0.6 is 0 Å². The van der Waals surface area contributed by atoms with Gasteiger partial charge in [-0.15, -0.1) is 0 Å². The Balaban J connectivity index is 4.16. The van der Waals surface area contributed by atoms with E-state index in [-0.39, 0.29) is 18.4 Å². The zero-order valence-corrected chi connectivity index (χ0v) is 9.45. The Bertz CT molecular complexity index is 218. The lowest BCUT2D eigenvalue weighted by Gasteiger charge is -2.23. The van der Waals surface area contributed by atoms with Crippen molar-refractivity contribution in [1.82, 2.24) is 9.80 Å². The maximum absolute atomic E-state index is 11.6. The highest BCUT2D eigenvalue weighted by Crippen LogP contribution is 2.00. The molecule has 0 saturated heterocycles. The van der Waals surface area contributed by atoms with Gasteiger partial charge < -0.3 is 9.80 Å². The number of hydrogen-bond donors (Lipinski definition) is 0. The topological polar surface area (TPSA) is 47.3 Å². The molecule has 0 bridgehead atoms. The van der Waals surface area contributed by atoms with Crippen LogP contribution in [0.3, 0.4) is 0 Å². The summed E-state index contributed by atoms with van der Waals surface area (Å²) in [5.41, 5.74) is 0. The van der Waals surface area contributed by atoms with Crippen molar-refractivity contribution in [3.63, 3.8) is 0 Å². The second-order valence-corrected chi connectivity index (χ2v) is 3.88. The molecule has 0 N–H and O–H groups in total. The summed E-state index contributed by atoms with van der Waals surface area (Å²) in [5, 5.41) is 8.58. The van der Waals surface area contributed by atoms with Crippen LogP contribution < -0.4 is 0 Å². The van der Waals surface area contributed by atoms with Gasteiger partial charge in [0.25, 0.3) is 0 Å². The molecule has 80 valence electrons. The molecule has 0 spiro atoms. The molecular formula is C10H19N3O. The fourth-order valence-electron chi connectivity index (χ4n) is 1.04. The van der Waals surface area contributed by atoms with Crippen molar-refractivity contribution in [2.75, 3.05) is 33.7 Å². The molecule has 0 saturated carbocycles. The number of likely N-dealkylation sites (N-methyl/N-ethyl adjacent to an activating group) is 1. The van der Waals surface area contributed by atoms with Crippen LogP contribution in [0.2, 0.25) is 0 Å². The van der Waals surface area contributed by atoms with E-state index in [0.717, 1.165) is 6.54 Å². The molecule has 14 heavy (non-hydrogen) atoms. The first-order chi connectivity index (χ1) is 6.49. The maximum Gasteiger partial charge on any atom is 0.226 e. The molecular weight excluding hydrogens is 178 g/mol. The third-order valence-electron chi connectivity index (χ3n) is 1.88. The molecule has 0 aromatic rings. The molecule has 0 atom stereocenters. The SMILES string of the molecule is CC(C)C(=O)N(CC#N)CCN(C)C. The monoisotopic (exact) mass is 197 g/mol. The minimum atomic E-state index is -0.0366. The molecule has 0 heterocycles. The van der Waals surface area contributed by atoms with E-state index < -0.39 is 0 Å². The van der Waals surface area contributed by atoms with E-state index >= 15 is 0 Å². The van der Waals surface area contributed by atoms with E-state index in [9.17, 15) is 4.79 Å². The minimum absolute atomic E-state index is 0.0366. The van der Waals surface area contributed by atoms with Gasteiger partial charge in [-0.2, -0.15) is 5.26 Å². The van der Waals surface area contributed by atoms with Crippen molar-refractivity contribution in [3.8, 4) is 6.07 Å². The summed E-state index contributed by atoms with van der Waals surface area (Å²) in [4.78, 5) is 15.2. The first-order valence-corrected chi connectivity index (χ1v) is 4.79. The second kappa shape index (κ2) is 6.39. The van der Waals surface area contributed by atoms with Crippen LogP contribution in [0.15, 0.2) is 0 Å². The van der Waals surface area contributed by atoms with Crippen LogP contribution in [-0.2, 0) is 4.79 Å². The smallest absolute Gasteiger partial charge is 0.226 e. The number of amides is 1. The van der Waals surface area contributed by atoms with E-state index in [1.54, 1.807) is 4.90 Å². The third kappa shape index (κ3) is 4.83. The molecule has 0 rings (SSSR count). The molecule has 4 heteroatoms. The van der Waals surface area contributed by atoms with Gasteiger partial charge in [0.05, 0.1) is 6.07 Å². The Kier molecular flexibility index (Phi) is 5.89. The number of carbonyl (C=O) groups is 1. The van der Waals surface area contributed by atoms with Gasteiger partial charge in [0.2, 0.25) is 5.91 Å². The van der Waals surface area contributed by atoms with Crippen LogP contribution in [0.5, 0.6) is 0 Å². The summed E-state index contributed by atoms with van der Waals surface area (Å²) in [6, 6.07) is 2.01. The van der Waals surface area contributed by atoms with Gasteiger partial charge in [-0.1, -0.05) is 13.8 Å². The lowest BCUT2D eigenvalue weighted by atomic mass is 10.2. The van der Waals surface area contributed by atoms with Gasteiger partial charge in [0, 0.05) is 19.0 Å². The quantitative estimate of drug-likeness (QED) is 0.605. The van der Waals surface area contributed by atoms with E-state index in [1.165, 1.54) is 0 Å². The molecule has 0 aromatic carbocycles. The van der Waals surface area contributed by atoms with Gasteiger partial charge in [0.1, 0.15) is 6.54 Å². The average Bonchev–Trinajstić information content (AvgIpc) is 2.10. The third-order valence-corrected chi connectivity index (χ3v) is 1.88. The predicted molar refractivity (Wildman–Crippen MR) is 55.6 cm³/mol. The van der Waals surface area contributed by atoms with Gasteiger partial charge in [0.15, 0.2) is 0 Å². The maximum atomic E-state index is 11.6. The van der Waals surface area contributed by atoms with Gasteiger partial charge in [-0.25, -0.2) is 0 Å². The number of hydrogen-bond acceptors (Lipinski definition) is 3. The molecule has 0 aliphatic rings. The molecule has 0 fully saturated rings. The van der Waals surface area contributed by atoms with Crippen molar-refractivity contribution >= 4 is 5.91 Å². The Morgan fingerprint density at radius 1 is 1.36 bits per heavy atom. The highest BCUT2D eigenvalue weighted by atomic mass is 16.2. The Labute approximate surface area is 86.1 Å². The lowest BCUT2D eigenvalue weighted by Crippen LogP contribution is -2.39. The fraction of sp³-hybridized carbons (Fsp3) is 0.800. The van der Waals surface area contributed by atoms with Crippen molar-refractivity contribution in [1.29, 1.82) is 5.26 Å². The van der Waals surface area contributed by atoms with Crippen LogP contribution in [0.1, 0.15) is 13.8 Å². The van der Waals surface area contributed by atoms with Crippen LogP contribution in [0, 0.1) is 17.2 Å². The molecule has 0 aromatic heterocycles. The lowest BCUT2D eigenvalue weighted by molar-refractivity contribution is -0.133. The summed E-state index contributed by atoms with van der Waals surface area (Å²) >= 11 is 0. The average molecular weight is 197 g/mol. The van der Waals surface area contributed by atoms with Crippen LogP contribution in [-0.4, -0.2) is 49.4 Å². The van der Waals surface area contributed by atoms with Gasteiger partial charge in [-0.05, 0) is 14.1 Å². The van der Waals surface area contributed by atoms with E-state index in [0.29, 0.717) is 6.54 Å². The fourth-order valence-corrected chi connectivity index (χ4v) is 1.04. The first kappa shape index (κ1) is 12.9. The number of rotatable bonds is 5. The predicted octanol–water partition coefficient (Wildman–Crippen LogP) is 0.556. The van der Waals surface area contributed by atoms with Gasteiger partial charge in [-0.3, -0.25) is 4.79 Å². The summed E-state index contributed by atoms with van der Waals surface area (Å²) in [6.45, 7) is 5.30. The van der Waals surface area contributed by atoms with Crippen LogP contribution in [0.4, 0.5) is 0 Å². The molecule has 0 aliphatic heterocycles. The summed E-state index contributed by atoms with van der Waals surface area (Å²) < 4.78 is 0. The van der Waals surface area contributed by atoms with E-state index in [4.69, 9.17) is 5.26 Å². The molecule has 4 nitrogen and oxygen atoms in total. The highest BCUT2D eigenvalue weighted by Gasteiger charge is 2.16. The van der Waals surface area contributed by atoms with Crippen molar-refractivity contribution < 1.29 is 4.79 Å². The van der Waals surface area contributed by atoms with Gasteiger partial charge >= 0.3 is 0 Å². The Morgan fingerprint density at radius 2 is 1.93 bits per heavy atom. The Morgan fingerprint density at radius 3 is 2.29 bits per heavy atom. The van der Waals surface area contributed by atoms with Crippen molar-refractivity contribution in [3.05, 3.63) is 0 Å². The minimum Gasteiger partial charge on any atom is -0.328 e. The molecule has 0 unspecified atom stereocenters. The zero-order valence-electron chi connectivity index (χ0n) is 9.45. The normalized spacial score (nSPS) is 10.4. The summed E-state index contributed by atoms with van der Waals surface area (Å²) in [5.74, 6) is 0.0129. The Hall–Kier alpha value is -1.08. The van der Waals surface area contributed by atoms with Crippen LogP contribution in [0.25, 0.3) is 0 Å². The first-order valence-electron chi connectivity index (χ1n) is 4.79. The number of carbonyl (C=O) groups excluding carboxylic acids is 1. The second-order valence-electron chi connectivity index (χ2n) is 3.88. The molecule has 0 radical (unpaired) electrons. The van der Waals surface area contributed by atoms with Crippen molar-refractivity contribution in [2.24, 2.45) is 5.92 Å². The highest BCUT2D eigenvalue weighted by molar-refractivity contribution is 5.78. The zero-order chi connectivity index (χ0) is 11.1. The van der Waals surface area contributed by atoms with E-state index in [1.807, 2.05) is 38.9 Å². The largest absolute Gasteiger partial charge is 0.328 e. The summed E-state index contributed by atoms with van der Waals surface area (Å²) in [6.07, 6.45) is 0. The summed E-state index contributed by atoms with van der Waals surface area (Å²) in [7, 11) is 3.90. The molecule has 1 amide bonds. The molecule has 0 aliphatic carbocycles. The van der Waals surface area contributed by atoms with E-state index in [2.05, 4.69) is 0 Å². The number of nitrogens with zero attached hydrogens (tertiary/aromatic N) is 3. The standard InChI is InChI=1S/C10H19N3O/c1-9(2)10(14)13(6-5-11)8-7-12(3)4/h9H,6-8H2,1-4H3.